The van der Waals surface area contributed by atoms with E-state index < -0.39 is 10.0 Å². The second kappa shape index (κ2) is 10.9. The van der Waals surface area contributed by atoms with Crippen LogP contribution >= 0.6 is 11.3 Å². The quantitative estimate of drug-likeness (QED) is 0.560. The van der Waals surface area contributed by atoms with Gasteiger partial charge in [-0.3, -0.25) is 4.79 Å². The molecule has 9 heteroatoms. The first-order chi connectivity index (χ1) is 14.5. The standard InChI is InChI=1S/C21H29N3O4S2/c1-28-15-6-14-24(30(26,27)21-7-5-16-29-21)17-20(25)22-18-8-10-19(11-9-18)23-12-3-2-4-13-23/h5,7-11,16H,2-4,6,12-15,17H2,1H3,(H,22,25). The summed E-state index contributed by atoms with van der Waals surface area (Å²) >= 11 is 1.15. The van der Waals surface area contributed by atoms with Gasteiger partial charge in [-0.25, -0.2) is 8.42 Å². The second-order valence-electron chi connectivity index (χ2n) is 7.26. The molecule has 1 aromatic carbocycles. The van der Waals surface area contributed by atoms with Gasteiger partial charge in [-0.05, 0) is 61.4 Å². The molecule has 1 aliphatic rings. The number of methoxy groups -OCH3 is 1. The van der Waals surface area contributed by atoms with Crippen LogP contribution in [0, 0.1) is 0 Å². The molecule has 0 saturated carbocycles. The molecule has 0 bridgehead atoms. The van der Waals surface area contributed by atoms with Gasteiger partial charge in [-0.1, -0.05) is 6.07 Å². The number of sulfonamides is 1. The molecule has 0 aliphatic carbocycles. The lowest BCUT2D eigenvalue weighted by Gasteiger charge is -2.28. The van der Waals surface area contributed by atoms with Crippen molar-refractivity contribution < 1.29 is 17.9 Å². The average molecular weight is 452 g/mol. The number of nitrogens with one attached hydrogen (secondary N) is 1. The van der Waals surface area contributed by atoms with Crippen molar-refractivity contribution in [3.8, 4) is 0 Å². The molecule has 1 aromatic heterocycles. The van der Waals surface area contributed by atoms with Crippen molar-refractivity contribution in [2.24, 2.45) is 0 Å². The Morgan fingerprint density at radius 2 is 1.90 bits per heavy atom. The van der Waals surface area contributed by atoms with Crippen LogP contribution in [0.15, 0.2) is 46.0 Å². The normalized spacial score (nSPS) is 14.8. The van der Waals surface area contributed by atoms with Gasteiger partial charge in [0.05, 0.1) is 6.54 Å². The number of hydrogen-bond donors (Lipinski definition) is 1. The van der Waals surface area contributed by atoms with Gasteiger partial charge in [0.25, 0.3) is 10.0 Å². The van der Waals surface area contributed by atoms with Gasteiger partial charge in [0.15, 0.2) is 0 Å². The summed E-state index contributed by atoms with van der Waals surface area (Å²) in [4.78, 5) is 15.0. The Morgan fingerprint density at radius 1 is 1.17 bits per heavy atom. The molecule has 7 nitrogen and oxygen atoms in total. The first-order valence-electron chi connectivity index (χ1n) is 10.2. The van der Waals surface area contributed by atoms with E-state index in [1.54, 1.807) is 24.6 Å². The number of carbonyl (C=O) groups is 1. The Labute approximate surface area is 182 Å². The van der Waals surface area contributed by atoms with Gasteiger partial charge in [0.2, 0.25) is 5.91 Å². The van der Waals surface area contributed by atoms with E-state index in [9.17, 15) is 13.2 Å². The summed E-state index contributed by atoms with van der Waals surface area (Å²) in [6, 6.07) is 11.0. The lowest BCUT2D eigenvalue weighted by molar-refractivity contribution is -0.116. The fourth-order valence-electron chi connectivity index (χ4n) is 3.48. The fourth-order valence-corrected chi connectivity index (χ4v) is 6.05. The summed E-state index contributed by atoms with van der Waals surface area (Å²) in [5.41, 5.74) is 1.81. The minimum absolute atomic E-state index is 0.218. The number of hydrogen-bond acceptors (Lipinski definition) is 6. The van der Waals surface area contributed by atoms with Crippen LogP contribution in [0.1, 0.15) is 25.7 Å². The van der Waals surface area contributed by atoms with Crippen LogP contribution in [0.25, 0.3) is 0 Å². The Kier molecular flexibility index (Phi) is 8.26. The zero-order valence-electron chi connectivity index (χ0n) is 17.2. The number of anilines is 2. The Bertz CT molecular complexity index is 893. The maximum absolute atomic E-state index is 12.9. The molecule has 164 valence electrons. The van der Waals surface area contributed by atoms with Crippen LogP contribution in [0.2, 0.25) is 0 Å². The monoisotopic (exact) mass is 451 g/mol. The summed E-state index contributed by atoms with van der Waals surface area (Å²) in [6.45, 7) is 2.52. The van der Waals surface area contributed by atoms with Crippen molar-refractivity contribution in [2.75, 3.05) is 50.1 Å². The molecular formula is C21H29N3O4S2. The first-order valence-corrected chi connectivity index (χ1v) is 12.5. The summed E-state index contributed by atoms with van der Waals surface area (Å²) in [5, 5.41) is 4.53. The summed E-state index contributed by atoms with van der Waals surface area (Å²) in [7, 11) is -2.15. The molecule has 1 amide bonds. The number of nitrogens with zero attached hydrogens (tertiary/aromatic N) is 2. The van der Waals surface area contributed by atoms with Crippen molar-refractivity contribution >= 4 is 38.6 Å². The van der Waals surface area contributed by atoms with Crippen LogP contribution in [0.5, 0.6) is 0 Å². The van der Waals surface area contributed by atoms with Gasteiger partial charge in [0.1, 0.15) is 4.21 Å². The maximum Gasteiger partial charge on any atom is 0.253 e. The summed E-state index contributed by atoms with van der Waals surface area (Å²) in [5.74, 6) is -0.363. The number of thiophene rings is 1. The topological polar surface area (TPSA) is 79.0 Å². The number of benzene rings is 1. The van der Waals surface area contributed by atoms with Gasteiger partial charge >= 0.3 is 0 Å². The molecule has 1 aliphatic heterocycles. The van der Waals surface area contributed by atoms with Crippen LogP contribution in [-0.2, 0) is 19.6 Å². The van der Waals surface area contributed by atoms with E-state index in [-0.39, 0.29) is 23.2 Å². The largest absolute Gasteiger partial charge is 0.385 e. The lowest BCUT2D eigenvalue weighted by atomic mass is 10.1. The third-order valence-corrected chi connectivity index (χ3v) is 8.26. The van der Waals surface area contributed by atoms with E-state index in [4.69, 9.17) is 4.74 Å². The number of amides is 1. The smallest absolute Gasteiger partial charge is 0.253 e. The zero-order chi connectivity index (χ0) is 21.4. The lowest BCUT2D eigenvalue weighted by Crippen LogP contribution is -2.38. The average Bonchev–Trinajstić information content (AvgIpc) is 3.30. The molecule has 2 heterocycles. The van der Waals surface area contributed by atoms with E-state index >= 15 is 0 Å². The van der Waals surface area contributed by atoms with Crippen LogP contribution < -0.4 is 10.2 Å². The van der Waals surface area contributed by atoms with Crippen molar-refractivity contribution in [1.82, 2.24) is 4.31 Å². The van der Waals surface area contributed by atoms with Crippen LogP contribution in [-0.4, -0.2) is 58.5 Å². The highest BCUT2D eigenvalue weighted by Gasteiger charge is 2.27. The van der Waals surface area contributed by atoms with E-state index in [2.05, 4.69) is 10.2 Å². The Hall–Kier alpha value is -1.94. The highest BCUT2D eigenvalue weighted by molar-refractivity contribution is 7.91. The predicted molar refractivity (Wildman–Crippen MR) is 121 cm³/mol. The van der Waals surface area contributed by atoms with Gasteiger partial charge in [-0.15, -0.1) is 11.3 Å². The first kappa shape index (κ1) is 22.7. The van der Waals surface area contributed by atoms with Crippen LogP contribution in [0.3, 0.4) is 0 Å². The number of rotatable bonds is 10. The molecule has 1 fully saturated rings. The Morgan fingerprint density at radius 3 is 2.53 bits per heavy atom. The minimum Gasteiger partial charge on any atom is -0.385 e. The van der Waals surface area contributed by atoms with Crippen molar-refractivity contribution in [2.45, 2.75) is 29.9 Å². The summed E-state index contributed by atoms with van der Waals surface area (Å²) in [6.07, 6.45) is 4.20. The molecule has 1 N–H and O–H groups in total. The second-order valence-corrected chi connectivity index (χ2v) is 10.4. The van der Waals surface area contributed by atoms with Crippen molar-refractivity contribution in [3.05, 3.63) is 41.8 Å². The molecule has 0 spiro atoms. The van der Waals surface area contributed by atoms with Gasteiger partial charge in [0, 0.05) is 44.7 Å². The molecule has 30 heavy (non-hydrogen) atoms. The van der Waals surface area contributed by atoms with Gasteiger partial charge in [-0.2, -0.15) is 4.31 Å². The molecule has 1 saturated heterocycles. The molecule has 3 rings (SSSR count). The highest BCUT2D eigenvalue weighted by Crippen LogP contribution is 2.23. The van der Waals surface area contributed by atoms with E-state index in [1.165, 1.54) is 23.6 Å². The minimum atomic E-state index is -3.72. The van der Waals surface area contributed by atoms with Gasteiger partial charge < -0.3 is 15.0 Å². The van der Waals surface area contributed by atoms with E-state index in [1.807, 2.05) is 24.3 Å². The fraction of sp³-hybridized carbons (Fsp3) is 0.476. The maximum atomic E-state index is 12.9. The SMILES string of the molecule is COCCCN(CC(=O)Nc1ccc(N2CCCCC2)cc1)S(=O)(=O)c1cccs1. The van der Waals surface area contributed by atoms with E-state index in [0.717, 1.165) is 30.1 Å². The van der Waals surface area contributed by atoms with E-state index in [0.29, 0.717) is 18.7 Å². The third kappa shape index (κ3) is 6.04. The predicted octanol–water partition coefficient (Wildman–Crippen LogP) is 3.40. The third-order valence-electron chi connectivity index (χ3n) is 5.04. The van der Waals surface area contributed by atoms with Crippen LogP contribution in [0.4, 0.5) is 11.4 Å². The molecule has 0 radical (unpaired) electrons. The molecule has 0 unspecified atom stereocenters. The molecular weight excluding hydrogens is 422 g/mol. The number of piperidine rings is 1. The highest BCUT2D eigenvalue weighted by atomic mass is 32.2. The number of ether oxygens (including phenoxy) is 1. The van der Waals surface area contributed by atoms with Crippen molar-refractivity contribution in [1.29, 1.82) is 0 Å². The molecule has 0 atom stereocenters. The zero-order valence-corrected chi connectivity index (χ0v) is 18.9. The Balaban J connectivity index is 1.63. The number of carbonyl (C=O) groups excluding carboxylic acids is 1. The van der Waals surface area contributed by atoms with Crippen molar-refractivity contribution in [3.63, 3.8) is 0 Å². The summed E-state index contributed by atoms with van der Waals surface area (Å²) < 4.78 is 32.3. The molecule has 2 aromatic rings.